The average molecular weight is 453 g/mol. The van der Waals surface area contributed by atoms with Gasteiger partial charge in [0.2, 0.25) is 0 Å². The van der Waals surface area contributed by atoms with E-state index in [1.165, 1.54) is 0 Å². The second-order valence-electron chi connectivity index (χ2n) is 7.56. The maximum atomic E-state index is 12.5. The number of nitrogens with one attached hydrogen (secondary N) is 3. The van der Waals surface area contributed by atoms with Crippen LogP contribution in [0.5, 0.6) is 0 Å². The lowest BCUT2D eigenvalue weighted by molar-refractivity contribution is 0.252. The molecule has 1 unspecified atom stereocenters. The van der Waals surface area contributed by atoms with Gasteiger partial charge in [-0.15, -0.1) is 0 Å². The highest BCUT2D eigenvalue weighted by atomic mass is 35.5. The van der Waals surface area contributed by atoms with Crippen molar-refractivity contribution >= 4 is 46.3 Å². The quantitative estimate of drug-likeness (QED) is 0.387. The van der Waals surface area contributed by atoms with Crippen LogP contribution in [-0.4, -0.2) is 11.7 Å². The molecule has 1 aliphatic heterocycles. The van der Waals surface area contributed by atoms with Gasteiger partial charge in [-0.1, -0.05) is 65.2 Å². The number of para-hydroxylation sites is 1. The molecular weight excluding hydrogens is 431 g/mol. The molecule has 0 bridgehead atoms. The maximum absolute atomic E-state index is 12.5. The minimum absolute atomic E-state index is 0.0948. The molecule has 0 aromatic heterocycles. The summed E-state index contributed by atoms with van der Waals surface area (Å²) in [5.74, 6) is 0. The van der Waals surface area contributed by atoms with Crippen molar-refractivity contribution in [1.29, 1.82) is 0 Å². The van der Waals surface area contributed by atoms with E-state index in [9.17, 15) is 4.79 Å². The van der Waals surface area contributed by atoms with Crippen molar-refractivity contribution in [3.05, 3.63) is 93.0 Å². The van der Waals surface area contributed by atoms with Gasteiger partial charge in [-0.05, 0) is 49.2 Å². The summed E-state index contributed by atoms with van der Waals surface area (Å²) in [5.41, 5.74) is 9.08. The van der Waals surface area contributed by atoms with E-state index in [0.717, 1.165) is 39.3 Å². The average Bonchev–Trinajstić information content (AvgIpc) is 2.74. The molecule has 31 heavy (non-hydrogen) atoms. The highest BCUT2D eigenvalue weighted by molar-refractivity contribution is 6.35. The Kier molecular flexibility index (Phi) is 6.16. The Morgan fingerprint density at radius 2 is 1.87 bits per heavy atom. The first-order valence-corrected chi connectivity index (χ1v) is 10.7. The highest BCUT2D eigenvalue weighted by Crippen LogP contribution is 2.36. The monoisotopic (exact) mass is 452 g/mol. The molecule has 5 nitrogen and oxygen atoms in total. The molecule has 0 saturated heterocycles. The van der Waals surface area contributed by atoms with Crippen LogP contribution in [0.2, 0.25) is 10.0 Å². The molecular formula is C24H22Cl2N4O. The van der Waals surface area contributed by atoms with Crippen LogP contribution in [0, 0.1) is 13.8 Å². The SMILES string of the molecule is Cc1ccc(NC(=O)NN=C2CC(c3ccc(Cl)cc3Cl)Nc3ccccc32)c(C)c1. The number of carbonyl (C=O) groups is 1. The van der Waals surface area contributed by atoms with Crippen molar-refractivity contribution < 1.29 is 4.79 Å². The summed E-state index contributed by atoms with van der Waals surface area (Å²) in [5, 5.41) is 12.0. The van der Waals surface area contributed by atoms with E-state index < -0.39 is 6.03 Å². The number of nitrogens with zero attached hydrogens (tertiary/aromatic N) is 1. The van der Waals surface area contributed by atoms with Crippen molar-refractivity contribution in [3.63, 3.8) is 0 Å². The van der Waals surface area contributed by atoms with Gasteiger partial charge < -0.3 is 10.6 Å². The molecule has 0 spiro atoms. The third kappa shape index (κ3) is 4.84. The van der Waals surface area contributed by atoms with Crippen LogP contribution in [0.4, 0.5) is 16.2 Å². The van der Waals surface area contributed by atoms with Gasteiger partial charge in [-0.25, -0.2) is 10.2 Å². The van der Waals surface area contributed by atoms with Gasteiger partial charge in [-0.3, -0.25) is 0 Å². The molecule has 7 heteroatoms. The number of halogens is 2. The number of fused-ring (bicyclic) bond motifs is 1. The number of hydrogen-bond acceptors (Lipinski definition) is 3. The number of amides is 2. The normalized spacial score (nSPS) is 16.4. The zero-order valence-electron chi connectivity index (χ0n) is 17.2. The Hall–Kier alpha value is -3.02. The number of benzene rings is 3. The predicted molar refractivity (Wildman–Crippen MR) is 128 cm³/mol. The second kappa shape index (κ2) is 9.00. The van der Waals surface area contributed by atoms with E-state index >= 15 is 0 Å². The summed E-state index contributed by atoms with van der Waals surface area (Å²) >= 11 is 12.5. The fourth-order valence-corrected chi connectivity index (χ4v) is 4.24. The van der Waals surface area contributed by atoms with E-state index in [-0.39, 0.29) is 6.04 Å². The minimum Gasteiger partial charge on any atom is -0.377 e. The molecule has 2 amide bonds. The van der Waals surface area contributed by atoms with Crippen molar-refractivity contribution in [1.82, 2.24) is 5.43 Å². The smallest absolute Gasteiger partial charge is 0.339 e. The highest BCUT2D eigenvalue weighted by Gasteiger charge is 2.26. The predicted octanol–water partition coefficient (Wildman–Crippen LogP) is 6.69. The zero-order valence-corrected chi connectivity index (χ0v) is 18.7. The fraction of sp³-hybridized carbons (Fsp3) is 0.167. The summed E-state index contributed by atoms with van der Waals surface area (Å²) in [6, 6.07) is 18.7. The number of carbonyl (C=O) groups excluding carboxylic acids is 1. The first-order valence-electron chi connectivity index (χ1n) is 9.92. The molecule has 1 atom stereocenters. The Morgan fingerprint density at radius 1 is 1.06 bits per heavy atom. The largest absolute Gasteiger partial charge is 0.377 e. The fourth-order valence-electron chi connectivity index (χ4n) is 3.70. The lowest BCUT2D eigenvalue weighted by atomic mass is 9.92. The summed E-state index contributed by atoms with van der Waals surface area (Å²) in [7, 11) is 0. The van der Waals surface area contributed by atoms with Gasteiger partial charge in [0, 0.05) is 33.4 Å². The number of anilines is 2. The molecule has 3 aromatic rings. The Balaban J connectivity index is 1.57. The molecule has 3 aromatic carbocycles. The van der Waals surface area contributed by atoms with Gasteiger partial charge in [-0.2, -0.15) is 5.10 Å². The van der Waals surface area contributed by atoms with E-state index in [1.54, 1.807) is 6.07 Å². The summed E-state index contributed by atoms with van der Waals surface area (Å²) in [6.07, 6.45) is 0.558. The molecule has 0 aliphatic carbocycles. The van der Waals surface area contributed by atoms with E-state index in [0.29, 0.717) is 16.5 Å². The first kappa shape index (κ1) is 21.2. The van der Waals surface area contributed by atoms with E-state index in [1.807, 2.05) is 68.4 Å². The summed E-state index contributed by atoms with van der Waals surface area (Å²) in [4.78, 5) is 12.5. The van der Waals surface area contributed by atoms with E-state index in [4.69, 9.17) is 23.2 Å². The van der Waals surface area contributed by atoms with Gasteiger partial charge in [0.1, 0.15) is 0 Å². The van der Waals surface area contributed by atoms with Crippen LogP contribution in [0.3, 0.4) is 0 Å². The number of hydrazone groups is 1. The van der Waals surface area contributed by atoms with Crippen molar-refractivity contribution in [2.24, 2.45) is 5.10 Å². The third-order valence-corrected chi connectivity index (χ3v) is 5.79. The lowest BCUT2D eigenvalue weighted by Crippen LogP contribution is -2.29. The standard InChI is InChI=1S/C24H22Cl2N4O/c1-14-7-10-20(15(2)11-14)28-24(31)30-29-23-13-22(17-9-8-16(25)12-19(17)26)27-21-6-4-3-5-18(21)23/h3-12,22,27H,13H2,1-2H3,(H2,28,30,31). The molecule has 0 saturated carbocycles. The summed E-state index contributed by atoms with van der Waals surface area (Å²) in [6.45, 7) is 3.97. The van der Waals surface area contributed by atoms with Crippen LogP contribution in [0.1, 0.15) is 34.7 Å². The van der Waals surface area contributed by atoms with Crippen molar-refractivity contribution in [3.8, 4) is 0 Å². The van der Waals surface area contributed by atoms with Gasteiger partial charge >= 0.3 is 6.03 Å². The van der Waals surface area contributed by atoms with Gasteiger partial charge in [0.05, 0.1) is 11.8 Å². The van der Waals surface area contributed by atoms with Gasteiger partial charge in [0.15, 0.2) is 0 Å². The van der Waals surface area contributed by atoms with Crippen LogP contribution < -0.4 is 16.1 Å². The van der Waals surface area contributed by atoms with Crippen LogP contribution >= 0.6 is 23.2 Å². The van der Waals surface area contributed by atoms with Crippen LogP contribution in [0.15, 0.2) is 65.8 Å². The number of hydrogen-bond donors (Lipinski definition) is 3. The first-order chi connectivity index (χ1) is 14.9. The van der Waals surface area contributed by atoms with Crippen LogP contribution in [-0.2, 0) is 0 Å². The Morgan fingerprint density at radius 3 is 2.65 bits per heavy atom. The second-order valence-corrected chi connectivity index (χ2v) is 8.40. The summed E-state index contributed by atoms with van der Waals surface area (Å²) < 4.78 is 0. The minimum atomic E-state index is -0.392. The molecule has 1 heterocycles. The third-order valence-electron chi connectivity index (χ3n) is 5.23. The molecule has 4 rings (SSSR count). The lowest BCUT2D eigenvalue weighted by Gasteiger charge is -2.29. The maximum Gasteiger partial charge on any atom is 0.339 e. The van der Waals surface area contributed by atoms with Crippen molar-refractivity contribution in [2.75, 3.05) is 10.6 Å². The Labute approximate surface area is 191 Å². The Bertz CT molecular complexity index is 1180. The number of aryl methyl sites for hydroxylation is 2. The zero-order chi connectivity index (χ0) is 22.0. The van der Waals surface area contributed by atoms with Crippen LogP contribution in [0.25, 0.3) is 0 Å². The number of rotatable bonds is 3. The van der Waals surface area contributed by atoms with Gasteiger partial charge in [0.25, 0.3) is 0 Å². The molecule has 0 fully saturated rings. The van der Waals surface area contributed by atoms with Crippen molar-refractivity contribution in [2.45, 2.75) is 26.3 Å². The topological polar surface area (TPSA) is 65.5 Å². The number of urea groups is 1. The molecule has 0 radical (unpaired) electrons. The molecule has 3 N–H and O–H groups in total. The molecule has 158 valence electrons. The molecule has 1 aliphatic rings. The van der Waals surface area contributed by atoms with E-state index in [2.05, 4.69) is 21.2 Å².